The van der Waals surface area contributed by atoms with Crippen molar-refractivity contribution in [1.82, 2.24) is 4.90 Å². The molecule has 1 aliphatic heterocycles. The lowest BCUT2D eigenvalue weighted by Crippen LogP contribution is -2.39. The van der Waals surface area contributed by atoms with Gasteiger partial charge in [-0.15, -0.1) is 0 Å². The van der Waals surface area contributed by atoms with Gasteiger partial charge in [0, 0.05) is 30.1 Å². The van der Waals surface area contributed by atoms with Crippen LogP contribution in [0.25, 0.3) is 16.7 Å². The Bertz CT molecular complexity index is 1150. The van der Waals surface area contributed by atoms with E-state index in [0.29, 0.717) is 5.56 Å². The van der Waals surface area contributed by atoms with Gasteiger partial charge in [0.1, 0.15) is 0 Å². The molecule has 0 saturated heterocycles. The van der Waals surface area contributed by atoms with E-state index < -0.39 is 11.7 Å². The quantitative estimate of drug-likeness (QED) is 0.365. The van der Waals surface area contributed by atoms with Gasteiger partial charge in [0.05, 0.1) is 5.56 Å². The maximum absolute atomic E-state index is 13.0. The molecular formula is C28H27ClF3N. The molecule has 0 aliphatic carbocycles. The fraction of sp³-hybridized carbons (Fsp3) is 0.286. The number of nitrogens with zero attached hydrogens (tertiary/aromatic N) is 1. The molecule has 0 N–H and O–H groups in total. The maximum atomic E-state index is 13.0. The molecule has 3 aromatic carbocycles. The van der Waals surface area contributed by atoms with Crippen LogP contribution < -0.4 is 0 Å². The number of benzene rings is 3. The van der Waals surface area contributed by atoms with Gasteiger partial charge < -0.3 is 0 Å². The van der Waals surface area contributed by atoms with E-state index in [2.05, 4.69) is 49.1 Å². The summed E-state index contributed by atoms with van der Waals surface area (Å²) >= 11 is 6.12. The zero-order valence-corrected chi connectivity index (χ0v) is 19.5. The van der Waals surface area contributed by atoms with Crippen LogP contribution in [0.4, 0.5) is 13.2 Å². The van der Waals surface area contributed by atoms with E-state index in [1.54, 1.807) is 6.07 Å². The third-order valence-electron chi connectivity index (χ3n) is 6.30. The van der Waals surface area contributed by atoms with E-state index >= 15 is 0 Å². The molecule has 1 heterocycles. The second-order valence-electron chi connectivity index (χ2n) is 9.26. The third-order valence-corrected chi connectivity index (χ3v) is 6.53. The van der Waals surface area contributed by atoms with Crippen molar-refractivity contribution in [3.8, 4) is 11.1 Å². The number of halogens is 4. The van der Waals surface area contributed by atoms with E-state index in [1.807, 2.05) is 24.3 Å². The lowest BCUT2D eigenvalue weighted by Gasteiger charge is -2.35. The van der Waals surface area contributed by atoms with E-state index in [0.717, 1.165) is 53.8 Å². The van der Waals surface area contributed by atoms with E-state index in [4.69, 9.17) is 11.6 Å². The Kier molecular flexibility index (Phi) is 6.69. The first-order valence-electron chi connectivity index (χ1n) is 11.1. The summed E-state index contributed by atoms with van der Waals surface area (Å²) in [6.45, 7) is 6.89. The van der Waals surface area contributed by atoms with Crippen molar-refractivity contribution in [3.63, 3.8) is 0 Å². The summed E-state index contributed by atoms with van der Waals surface area (Å²) in [6.07, 6.45) is -1.51. The number of rotatable bonds is 5. The van der Waals surface area contributed by atoms with Crippen molar-refractivity contribution in [2.75, 3.05) is 19.6 Å². The molecule has 1 aliphatic rings. The predicted octanol–water partition coefficient (Wildman–Crippen LogP) is 8.09. The average molecular weight is 470 g/mol. The molecule has 5 heteroatoms. The zero-order chi connectivity index (χ0) is 23.6. The summed E-state index contributed by atoms with van der Waals surface area (Å²) in [5, 5.41) is 0.722. The highest BCUT2D eigenvalue weighted by Crippen LogP contribution is 2.33. The van der Waals surface area contributed by atoms with Crippen molar-refractivity contribution in [2.24, 2.45) is 0 Å². The van der Waals surface area contributed by atoms with E-state index in [9.17, 15) is 13.2 Å². The highest BCUT2D eigenvalue weighted by molar-refractivity contribution is 6.30. The van der Waals surface area contributed by atoms with Crippen LogP contribution in [0, 0.1) is 0 Å². The Morgan fingerprint density at radius 1 is 0.818 bits per heavy atom. The number of hydrogen-bond donors (Lipinski definition) is 0. The maximum Gasteiger partial charge on any atom is 0.416 e. The molecule has 172 valence electrons. The lowest BCUT2D eigenvalue weighted by molar-refractivity contribution is -0.137. The van der Waals surface area contributed by atoms with Crippen molar-refractivity contribution in [1.29, 1.82) is 0 Å². The smallest absolute Gasteiger partial charge is 0.298 e. The van der Waals surface area contributed by atoms with Gasteiger partial charge in [-0.1, -0.05) is 80.1 Å². The van der Waals surface area contributed by atoms with Crippen LogP contribution in [0.15, 0.2) is 78.9 Å². The van der Waals surface area contributed by atoms with Crippen LogP contribution in [0.2, 0.25) is 5.02 Å². The SMILES string of the molecule is CC(C)(CN1CC=C(c2cccc(C(F)(F)F)c2)CC1)c1ccc(-c2cccc(Cl)c2)cc1. The van der Waals surface area contributed by atoms with Gasteiger partial charge >= 0.3 is 6.18 Å². The van der Waals surface area contributed by atoms with Gasteiger partial charge in [-0.2, -0.15) is 13.2 Å². The van der Waals surface area contributed by atoms with Gasteiger partial charge in [-0.05, 0) is 58.5 Å². The topological polar surface area (TPSA) is 3.24 Å². The molecule has 0 unspecified atom stereocenters. The molecule has 33 heavy (non-hydrogen) atoms. The Morgan fingerprint density at radius 2 is 1.52 bits per heavy atom. The zero-order valence-electron chi connectivity index (χ0n) is 18.8. The van der Waals surface area contributed by atoms with E-state index in [1.165, 1.54) is 17.7 Å². The van der Waals surface area contributed by atoms with Gasteiger partial charge in [-0.3, -0.25) is 4.90 Å². The molecule has 1 nitrogen and oxygen atoms in total. The minimum atomic E-state index is -4.32. The molecular weight excluding hydrogens is 443 g/mol. The van der Waals surface area contributed by atoms with Crippen molar-refractivity contribution in [2.45, 2.75) is 31.9 Å². The molecule has 0 amide bonds. The summed E-state index contributed by atoms with van der Waals surface area (Å²) in [5.41, 5.74) is 4.47. The molecule has 3 aromatic rings. The molecule has 0 spiro atoms. The normalized spacial score (nSPS) is 15.4. The third kappa shape index (κ3) is 5.69. The molecule has 0 radical (unpaired) electrons. The monoisotopic (exact) mass is 469 g/mol. The first-order chi connectivity index (χ1) is 15.6. The van der Waals surface area contributed by atoms with Crippen molar-refractivity contribution in [3.05, 3.63) is 101 Å². The standard InChI is InChI=1S/C28H27ClF3N/c1-27(2,24-11-9-20(10-12-24)23-6-4-8-26(29)18-23)19-33-15-13-21(14-16-33)22-5-3-7-25(17-22)28(30,31)32/h3-13,17-18H,14-16,19H2,1-2H3. The van der Waals surface area contributed by atoms with Gasteiger partial charge in [0.15, 0.2) is 0 Å². The Balaban J connectivity index is 1.43. The molecule has 0 fully saturated rings. The van der Waals surface area contributed by atoms with Gasteiger partial charge in [0.25, 0.3) is 0 Å². The minimum absolute atomic E-state index is 0.0611. The Labute approximate surface area is 198 Å². The largest absolute Gasteiger partial charge is 0.416 e. The summed E-state index contributed by atoms with van der Waals surface area (Å²) < 4.78 is 39.1. The number of alkyl halides is 3. The first-order valence-corrected chi connectivity index (χ1v) is 11.5. The summed E-state index contributed by atoms with van der Waals surface area (Å²) in [6, 6.07) is 22.1. The van der Waals surface area contributed by atoms with Crippen LogP contribution in [0.3, 0.4) is 0 Å². The molecule has 0 atom stereocenters. The second-order valence-corrected chi connectivity index (χ2v) is 9.70. The van der Waals surface area contributed by atoms with Crippen LogP contribution in [-0.2, 0) is 11.6 Å². The fourth-order valence-corrected chi connectivity index (χ4v) is 4.63. The fourth-order valence-electron chi connectivity index (χ4n) is 4.44. The number of hydrogen-bond acceptors (Lipinski definition) is 1. The van der Waals surface area contributed by atoms with Gasteiger partial charge in [0.2, 0.25) is 0 Å². The van der Waals surface area contributed by atoms with Crippen LogP contribution in [0.1, 0.15) is 37.0 Å². The molecule has 0 saturated carbocycles. The Morgan fingerprint density at radius 3 is 2.15 bits per heavy atom. The van der Waals surface area contributed by atoms with Crippen LogP contribution >= 0.6 is 11.6 Å². The van der Waals surface area contributed by atoms with Crippen molar-refractivity contribution < 1.29 is 13.2 Å². The molecule has 0 aromatic heterocycles. The van der Waals surface area contributed by atoms with Crippen molar-refractivity contribution >= 4 is 17.2 Å². The van der Waals surface area contributed by atoms with Crippen LogP contribution in [0.5, 0.6) is 0 Å². The van der Waals surface area contributed by atoms with Gasteiger partial charge in [-0.25, -0.2) is 0 Å². The summed E-state index contributed by atoms with van der Waals surface area (Å²) in [4.78, 5) is 2.36. The van der Waals surface area contributed by atoms with E-state index in [-0.39, 0.29) is 5.41 Å². The second kappa shape index (κ2) is 9.36. The predicted molar refractivity (Wildman–Crippen MR) is 130 cm³/mol. The highest BCUT2D eigenvalue weighted by Gasteiger charge is 2.31. The average Bonchev–Trinajstić information content (AvgIpc) is 2.79. The summed E-state index contributed by atoms with van der Waals surface area (Å²) in [5.74, 6) is 0. The minimum Gasteiger partial charge on any atom is -0.298 e. The molecule has 0 bridgehead atoms. The highest BCUT2D eigenvalue weighted by atomic mass is 35.5. The summed E-state index contributed by atoms with van der Waals surface area (Å²) in [7, 11) is 0. The van der Waals surface area contributed by atoms with Crippen LogP contribution in [-0.4, -0.2) is 24.5 Å². The molecule has 4 rings (SSSR count). The first kappa shape index (κ1) is 23.6. The lowest BCUT2D eigenvalue weighted by atomic mass is 9.83. The Hall–Kier alpha value is -2.56.